The van der Waals surface area contributed by atoms with Crippen molar-refractivity contribution in [1.29, 1.82) is 0 Å². The molecule has 3 aromatic rings. The van der Waals surface area contributed by atoms with Gasteiger partial charge in [0.25, 0.3) is 5.91 Å². The smallest absolute Gasteiger partial charge is 0.255 e. The molecule has 0 aliphatic heterocycles. The van der Waals surface area contributed by atoms with Crippen LogP contribution in [0.3, 0.4) is 0 Å². The summed E-state index contributed by atoms with van der Waals surface area (Å²) in [5, 5.41) is 2.87. The van der Waals surface area contributed by atoms with E-state index in [1.54, 1.807) is 43.5 Å². The first-order chi connectivity index (χ1) is 12.6. The molecule has 1 N–H and O–H groups in total. The van der Waals surface area contributed by atoms with Crippen LogP contribution in [0.4, 0.5) is 5.69 Å². The predicted molar refractivity (Wildman–Crippen MR) is 103 cm³/mol. The summed E-state index contributed by atoms with van der Waals surface area (Å²) < 4.78 is 10.9. The largest absolute Gasteiger partial charge is 0.497 e. The Morgan fingerprint density at radius 2 is 1.46 bits per heavy atom. The molecule has 4 nitrogen and oxygen atoms in total. The standard InChI is InChI=1S/C22H21NO3/c1-16-3-11-21(12-4-16)26-15-17-5-7-18(8-6-17)22(24)23-19-9-13-20(25-2)14-10-19/h3-14H,15H2,1-2H3,(H,23,24). The van der Waals surface area contributed by atoms with Crippen LogP contribution in [0, 0.1) is 6.92 Å². The van der Waals surface area contributed by atoms with Crippen molar-refractivity contribution < 1.29 is 14.3 Å². The number of hydrogen-bond acceptors (Lipinski definition) is 3. The summed E-state index contributed by atoms with van der Waals surface area (Å²) >= 11 is 0. The van der Waals surface area contributed by atoms with E-state index >= 15 is 0 Å². The third-order valence-corrected chi connectivity index (χ3v) is 3.99. The Hall–Kier alpha value is -3.27. The van der Waals surface area contributed by atoms with Gasteiger partial charge in [0.1, 0.15) is 18.1 Å². The lowest BCUT2D eigenvalue weighted by molar-refractivity contribution is 0.102. The van der Waals surface area contributed by atoms with Crippen molar-refractivity contribution in [3.63, 3.8) is 0 Å². The van der Waals surface area contributed by atoms with E-state index in [4.69, 9.17) is 9.47 Å². The molecule has 3 aromatic carbocycles. The molecule has 0 unspecified atom stereocenters. The summed E-state index contributed by atoms with van der Waals surface area (Å²) in [6.07, 6.45) is 0. The van der Waals surface area contributed by atoms with Gasteiger partial charge in [-0.15, -0.1) is 0 Å². The van der Waals surface area contributed by atoms with Crippen molar-refractivity contribution >= 4 is 11.6 Å². The number of hydrogen-bond donors (Lipinski definition) is 1. The van der Waals surface area contributed by atoms with Crippen LogP contribution in [-0.2, 0) is 6.61 Å². The fourth-order valence-corrected chi connectivity index (χ4v) is 2.43. The first-order valence-electron chi connectivity index (χ1n) is 8.38. The molecule has 26 heavy (non-hydrogen) atoms. The number of ether oxygens (including phenoxy) is 2. The van der Waals surface area contributed by atoms with Gasteiger partial charge in [-0.25, -0.2) is 0 Å². The van der Waals surface area contributed by atoms with Crippen molar-refractivity contribution in [2.75, 3.05) is 12.4 Å². The Kier molecular flexibility index (Phi) is 5.54. The van der Waals surface area contributed by atoms with Gasteiger partial charge in [-0.3, -0.25) is 4.79 Å². The number of carbonyl (C=O) groups excluding carboxylic acids is 1. The number of benzene rings is 3. The molecule has 132 valence electrons. The average molecular weight is 347 g/mol. The van der Waals surface area contributed by atoms with E-state index in [1.807, 2.05) is 43.3 Å². The van der Waals surface area contributed by atoms with Gasteiger partial charge in [-0.2, -0.15) is 0 Å². The fraction of sp³-hybridized carbons (Fsp3) is 0.136. The number of nitrogens with one attached hydrogen (secondary N) is 1. The molecule has 0 spiro atoms. The maximum Gasteiger partial charge on any atom is 0.255 e. The van der Waals surface area contributed by atoms with Crippen molar-refractivity contribution in [1.82, 2.24) is 0 Å². The summed E-state index contributed by atoms with van der Waals surface area (Å²) in [5.74, 6) is 1.43. The molecule has 0 aromatic heterocycles. The van der Waals surface area contributed by atoms with E-state index in [2.05, 4.69) is 5.32 Å². The van der Waals surface area contributed by atoms with Crippen molar-refractivity contribution in [2.24, 2.45) is 0 Å². The molecule has 0 fully saturated rings. The van der Waals surface area contributed by atoms with E-state index in [9.17, 15) is 4.79 Å². The van der Waals surface area contributed by atoms with Gasteiger partial charge in [0.2, 0.25) is 0 Å². The van der Waals surface area contributed by atoms with Crippen LogP contribution in [0.2, 0.25) is 0 Å². The average Bonchev–Trinajstić information content (AvgIpc) is 2.68. The molecule has 1 amide bonds. The second kappa shape index (κ2) is 8.21. The van der Waals surface area contributed by atoms with Gasteiger partial charge >= 0.3 is 0 Å². The van der Waals surface area contributed by atoms with Crippen LogP contribution in [0.1, 0.15) is 21.5 Å². The zero-order valence-corrected chi connectivity index (χ0v) is 14.9. The molecule has 3 rings (SSSR count). The quantitative estimate of drug-likeness (QED) is 0.694. The second-order valence-electron chi connectivity index (χ2n) is 5.98. The number of rotatable bonds is 6. The number of anilines is 1. The number of methoxy groups -OCH3 is 1. The van der Waals surface area contributed by atoms with Gasteiger partial charge in [-0.05, 0) is 61.0 Å². The maximum atomic E-state index is 12.3. The minimum atomic E-state index is -0.152. The number of aryl methyl sites for hydroxylation is 1. The molecule has 4 heteroatoms. The van der Waals surface area contributed by atoms with E-state index < -0.39 is 0 Å². The zero-order chi connectivity index (χ0) is 18.4. The molecule has 0 aliphatic rings. The highest BCUT2D eigenvalue weighted by atomic mass is 16.5. The Labute approximate surface area is 153 Å². The highest BCUT2D eigenvalue weighted by Crippen LogP contribution is 2.17. The molecule has 0 bridgehead atoms. The van der Waals surface area contributed by atoms with Gasteiger partial charge in [-0.1, -0.05) is 29.8 Å². The minimum Gasteiger partial charge on any atom is -0.497 e. The van der Waals surface area contributed by atoms with E-state index in [1.165, 1.54) is 5.56 Å². The van der Waals surface area contributed by atoms with Gasteiger partial charge in [0.05, 0.1) is 7.11 Å². The molecular weight excluding hydrogens is 326 g/mol. The number of amides is 1. The van der Waals surface area contributed by atoms with E-state index in [0.717, 1.165) is 22.7 Å². The third kappa shape index (κ3) is 4.63. The molecule has 0 atom stereocenters. The lowest BCUT2D eigenvalue weighted by Crippen LogP contribution is -2.11. The summed E-state index contributed by atoms with van der Waals surface area (Å²) in [5.41, 5.74) is 3.53. The van der Waals surface area contributed by atoms with Crippen LogP contribution in [0.25, 0.3) is 0 Å². The third-order valence-electron chi connectivity index (χ3n) is 3.99. The second-order valence-corrected chi connectivity index (χ2v) is 5.98. The normalized spacial score (nSPS) is 10.2. The monoisotopic (exact) mass is 347 g/mol. The lowest BCUT2D eigenvalue weighted by atomic mass is 10.1. The minimum absolute atomic E-state index is 0.152. The first kappa shape index (κ1) is 17.5. The molecule has 0 aliphatic carbocycles. The van der Waals surface area contributed by atoms with Crippen LogP contribution in [0.5, 0.6) is 11.5 Å². The zero-order valence-electron chi connectivity index (χ0n) is 14.9. The van der Waals surface area contributed by atoms with Gasteiger partial charge in [0.15, 0.2) is 0 Å². The molecule has 0 saturated carbocycles. The number of carbonyl (C=O) groups is 1. The first-order valence-corrected chi connectivity index (χ1v) is 8.38. The highest BCUT2D eigenvalue weighted by Gasteiger charge is 2.06. The summed E-state index contributed by atoms with van der Waals surface area (Å²) in [6.45, 7) is 2.50. The van der Waals surface area contributed by atoms with E-state index in [-0.39, 0.29) is 5.91 Å². The topological polar surface area (TPSA) is 47.6 Å². The van der Waals surface area contributed by atoms with Crippen molar-refractivity contribution in [3.8, 4) is 11.5 Å². The van der Waals surface area contributed by atoms with Crippen LogP contribution >= 0.6 is 0 Å². The predicted octanol–water partition coefficient (Wildman–Crippen LogP) is 4.83. The maximum absolute atomic E-state index is 12.3. The van der Waals surface area contributed by atoms with Crippen LogP contribution in [0.15, 0.2) is 72.8 Å². The van der Waals surface area contributed by atoms with Crippen LogP contribution in [-0.4, -0.2) is 13.0 Å². The Balaban J connectivity index is 1.57. The Morgan fingerprint density at radius 3 is 2.08 bits per heavy atom. The Bertz CT molecular complexity index is 853. The summed E-state index contributed by atoms with van der Waals surface area (Å²) in [4.78, 5) is 12.3. The molecule has 0 radical (unpaired) electrons. The van der Waals surface area contributed by atoms with Gasteiger partial charge in [0, 0.05) is 11.3 Å². The van der Waals surface area contributed by atoms with Gasteiger partial charge < -0.3 is 14.8 Å². The highest BCUT2D eigenvalue weighted by molar-refractivity contribution is 6.04. The SMILES string of the molecule is COc1ccc(NC(=O)c2ccc(COc3ccc(C)cc3)cc2)cc1. The Morgan fingerprint density at radius 1 is 0.846 bits per heavy atom. The van der Waals surface area contributed by atoms with Crippen LogP contribution < -0.4 is 14.8 Å². The lowest BCUT2D eigenvalue weighted by Gasteiger charge is -2.09. The molecular formula is C22H21NO3. The summed E-state index contributed by atoms with van der Waals surface area (Å²) in [6, 6.07) is 22.6. The van der Waals surface area contributed by atoms with E-state index in [0.29, 0.717) is 12.2 Å². The summed E-state index contributed by atoms with van der Waals surface area (Å²) in [7, 11) is 1.61. The van der Waals surface area contributed by atoms with Crippen molar-refractivity contribution in [3.05, 3.63) is 89.5 Å². The molecule has 0 heterocycles. The molecule has 0 saturated heterocycles. The van der Waals surface area contributed by atoms with Crippen molar-refractivity contribution in [2.45, 2.75) is 13.5 Å². The fourth-order valence-electron chi connectivity index (χ4n) is 2.43.